The first-order chi connectivity index (χ1) is 9.79. The summed E-state index contributed by atoms with van der Waals surface area (Å²) in [6.45, 7) is 5.66. The standard InChI is InChI=1S/C19H31N/c1-3-4-5-6-7-8-13-20-19-14-18(15-19)17-11-9-16(2)10-12-17/h9-12,18-20H,3-8,13-15H2,1-2H3. The Balaban J connectivity index is 1.50. The molecule has 1 saturated carbocycles. The van der Waals surface area contributed by atoms with E-state index in [0.29, 0.717) is 0 Å². The quantitative estimate of drug-likeness (QED) is 0.610. The Labute approximate surface area is 125 Å². The molecular weight excluding hydrogens is 242 g/mol. The van der Waals surface area contributed by atoms with Gasteiger partial charge in [-0.3, -0.25) is 0 Å². The van der Waals surface area contributed by atoms with Crippen LogP contribution in [0.2, 0.25) is 0 Å². The fraction of sp³-hybridized carbons (Fsp3) is 0.684. The predicted molar refractivity (Wildman–Crippen MR) is 88.3 cm³/mol. The molecule has 0 radical (unpaired) electrons. The van der Waals surface area contributed by atoms with E-state index >= 15 is 0 Å². The Bertz CT molecular complexity index is 362. The molecule has 1 aliphatic carbocycles. The summed E-state index contributed by atoms with van der Waals surface area (Å²) in [5.74, 6) is 0.803. The molecule has 1 aromatic rings. The fourth-order valence-electron chi connectivity index (χ4n) is 3.11. The third-order valence-corrected chi connectivity index (χ3v) is 4.65. The summed E-state index contributed by atoms with van der Waals surface area (Å²) in [6, 6.07) is 9.88. The van der Waals surface area contributed by atoms with Gasteiger partial charge < -0.3 is 5.32 Å². The van der Waals surface area contributed by atoms with E-state index in [1.165, 1.54) is 69.0 Å². The molecule has 2 rings (SSSR count). The first-order valence-electron chi connectivity index (χ1n) is 8.59. The number of unbranched alkanes of at least 4 members (excludes halogenated alkanes) is 5. The van der Waals surface area contributed by atoms with Gasteiger partial charge in [0.05, 0.1) is 0 Å². The van der Waals surface area contributed by atoms with E-state index in [-0.39, 0.29) is 0 Å². The smallest absolute Gasteiger partial charge is 0.00787 e. The number of aryl methyl sites for hydroxylation is 1. The number of rotatable bonds is 9. The van der Waals surface area contributed by atoms with Gasteiger partial charge in [-0.15, -0.1) is 0 Å². The van der Waals surface area contributed by atoms with Crippen molar-refractivity contribution in [2.75, 3.05) is 6.54 Å². The molecule has 20 heavy (non-hydrogen) atoms. The average Bonchev–Trinajstić information content (AvgIpc) is 2.41. The Morgan fingerprint density at radius 2 is 1.60 bits per heavy atom. The van der Waals surface area contributed by atoms with Gasteiger partial charge in [0.25, 0.3) is 0 Å². The van der Waals surface area contributed by atoms with Crippen LogP contribution in [0.1, 0.15) is 75.3 Å². The number of benzene rings is 1. The molecule has 1 heteroatoms. The van der Waals surface area contributed by atoms with Gasteiger partial charge in [0.15, 0.2) is 0 Å². The van der Waals surface area contributed by atoms with Crippen LogP contribution < -0.4 is 5.32 Å². The summed E-state index contributed by atoms with van der Waals surface area (Å²) in [6.07, 6.45) is 11.0. The zero-order valence-corrected chi connectivity index (χ0v) is 13.3. The summed E-state index contributed by atoms with van der Waals surface area (Å²) in [7, 11) is 0. The highest BCUT2D eigenvalue weighted by molar-refractivity contribution is 5.26. The molecule has 0 bridgehead atoms. The van der Waals surface area contributed by atoms with Crippen LogP contribution in [0, 0.1) is 6.92 Å². The molecule has 1 aromatic carbocycles. The lowest BCUT2D eigenvalue weighted by molar-refractivity contribution is 0.289. The Morgan fingerprint density at radius 1 is 0.950 bits per heavy atom. The third-order valence-electron chi connectivity index (χ3n) is 4.65. The van der Waals surface area contributed by atoms with Crippen LogP contribution in [0.4, 0.5) is 0 Å². The van der Waals surface area contributed by atoms with Crippen molar-refractivity contribution in [3.8, 4) is 0 Å². The minimum absolute atomic E-state index is 0.775. The number of nitrogens with one attached hydrogen (secondary N) is 1. The van der Waals surface area contributed by atoms with Crippen LogP contribution in [-0.4, -0.2) is 12.6 Å². The molecule has 1 aliphatic rings. The Kier molecular flexibility index (Phi) is 6.59. The molecule has 0 amide bonds. The number of hydrogen-bond acceptors (Lipinski definition) is 1. The molecule has 1 fully saturated rings. The van der Waals surface area contributed by atoms with Gasteiger partial charge in [-0.1, -0.05) is 68.9 Å². The first-order valence-corrected chi connectivity index (χ1v) is 8.59. The van der Waals surface area contributed by atoms with E-state index in [0.717, 1.165) is 12.0 Å². The van der Waals surface area contributed by atoms with Gasteiger partial charge in [-0.2, -0.15) is 0 Å². The van der Waals surface area contributed by atoms with Crippen LogP contribution >= 0.6 is 0 Å². The summed E-state index contributed by atoms with van der Waals surface area (Å²) in [5, 5.41) is 3.72. The van der Waals surface area contributed by atoms with E-state index in [4.69, 9.17) is 0 Å². The lowest BCUT2D eigenvalue weighted by Gasteiger charge is -2.36. The van der Waals surface area contributed by atoms with E-state index in [9.17, 15) is 0 Å². The fourth-order valence-corrected chi connectivity index (χ4v) is 3.11. The van der Waals surface area contributed by atoms with Gasteiger partial charge >= 0.3 is 0 Å². The average molecular weight is 273 g/mol. The van der Waals surface area contributed by atoms with Crippen molar-refractivity contribution < 1.29 is 0 Å². The second kappa shape index (κ2) is 8.46. The second-order valence-electron chi connectivity index (χ2n) is 6.50. The molecule has 0 aromatic heterocycles. The maximum Gasteiger partial charge on any atom is 0.00787 e. The molecule has 0 heterocycles. The topological polar surface area (TPSA) is 12.0 Å². The molecule has 0 aliphatic heterocycles. The second-order valence-corrected chi connectivity index (χ2v) is 6.50. The molecule has 0 unspecified atom stereocenters. The highest BCUT2D eigenvalue weighted by Crippen LogP contribution is 2.36. The van der Waals surface area contributed by atoms with Crippen molar-refractivity contribution >= 4 is 0 Å². The number of hydrogen-bond donors (Lipinski definition) is 1. The molecule has 1 N–H and O–H groups in total. The monoisotopic (exact) mass is 273 g/mol. The van der Waals surface area contributed by atoms with E-state index in [2.05, 4.69) is 43.4 Å². The largest absolute Gasteiger partial charge is 0.314 e. The zero-order valence-electron chi connectivity index (χ0n) is 13.3. The predicted octanol–water partition coefficient (Wildman–Crippen LogP) is 5.19. The molecule has 0 atom stereocenters. The van der Waals surface area contributed by atoms with Crippen LogP contribution in [0.3, 0.4) is 0 Å². The van der Waals surface area contributed by atoms with Gasteiger partial charge in [-0.25, -0.2) is 0 Å². The molecule has 0 spiro atoms. The summed E-state index contributed by atoms with van der Waals surface area (Å²) in [4.78, 5) is 0. The van der Waals surface area contributed by atoms with Crippen molar-refractivity contribution in [1.82, 2.24) is 5.32 Å². The van der Waals surface area contributed by atoms with Crippen molar-refractivity contribution in [2.24, 2.45) is 0 Å². The Hall–Kier alpha value is -0.820. The lowest BCUT2D eigenvalue weighted by atomic mass is 9.76. The van der Waals surface area contributed by atoms with E-state index < -0.39 is 0 Å². The summed E-state index contributed by atoms with van der Waals surface area (Å²) < 4.78 is 0. The summed E-state index contributed by atoms with van der Waals surface area (Å²) in [5.41, 5.74) is 2.90. The SMILES string of the molecule is CCCCCCCCNC1CC(c2ccc(C)cc2)C1. The maximum absolute atomic E-state index is 3.72. The van der Waals surface area contributed by atoms with Crippen molar-refractivity contribution in [2.45, 2.75) is 77.2 Å². The summed E-state index contributed by atoms with van der Waals surface area (Å²) >= 11 is 0. The van der Waals surface area contributed by atoms with Crippen LogP contribution in [0.25, 0.3) is 0 Å². The minimum atomic E-state index is 0.775. The van der Waals surface area contributed by atoms with Crippen molar-refractivity contribution in [1.29, 1.82) is 0 Å². The minimum Gasteiger partial charge on any atom is -0.314 e. The van der Waals surface area contributed by atoms with E-state index in [1.807, 2.05) is 0 Å². The van der Waals surface area contributed by atoms with Gasteiger partial charge in [-0.05, 0) is 44.2 Å². The molecule has 0 saturated heterocycles. The first kappa shape index (κ1) is 15.6. The Morgan fingerprint density at radius 3 is 2.30 bits per heavy atom. The third kappa shape index (κ3) is 4.94. The van der Waals surface area contributed by atoms with Crippen LogP contribution in [0.15, 0.2) is 24.3 Å². The van der Waals surface area contributed by atoms with Crippen LogP contribution in [0.5, 0.6) is 0 Å². The van der Waals surface area contributed by atoms with Crippen LogP contribution in [-0.2, 0) is 0 Å². The molecule has 112 valence electrons. The molecule has 1 nitrogen and oxygen atoms in total. The molecular formula is C19H31N. The van der Waals surface area contributed by atoms with Gasteiger partial charge in [0.1, 0.15) is 0 Å². The maximum atomic E-state index is 3.72. The van der Waals surface area contributed by atoms with Crippen molar-refractivity contribution in [3.63, 3.8) is 0 Å². The van der Waals surface area contributed by atoms with Gasteiger partial charge in [0.2, 0.25) is 0 Å². The highest BCUT2D eigenvalue weighted by Gasteiger charge is 2.29. The normalized spacial score (nSPS) is 21.7. The lowest BCUT2D eigenvalue weighted by Crippen LogP contribution is -2.40. The van der Waals surface area contributed by atoms with E-state index in [1.54, 1.807) is 0 Å². The highest BCUT2D eigenvalue weighted by atomic mass is 14.9. The zero-order chi connectivity index (χ0) is 14.2. The van der Waals surface area contributed by atoms with Gasteiger partial charge in [0, 0.05) is 6.04 Å². The van der Waals surface area contributed by atoms with Crippen molar-refractivity contribution in [3.05, 3.63) is 35.4 Å².